The zero-order valence-corrected chi connectivity index (χ0v) is 21.7. The first-order valence-corrected chi connectivity index (χ1v) is 11.6. The molecule has 0 saturated heterocycles. The smallest absolute Gasteiger partial charge is 0.270 e. The van der Waals surface area contributed by atoms with Crippen LogP contribution in [0.3, 0.4) is 0 Å². The van der Waals surface area contributed by atoms with Gasteiger partial charge in [0.2, 0.25) is 5.78 Å². The van der Waals surface area contributed by atoms with Crippen molar-refractivity contribution >= 4 is 63.7 Å². The average molecular weight is 546 g/mol. The van der Waals surface area contributed by atoms with Gasteiger partial charge < -0.3 is 20.1 Å². The lowest BCUT2D eigenvalue weighted by Gasteiger charge is -2.17. The molecular formula is C23H21Cl2N7O3S. The molecule has 0 aliphatic carbocycles. The molecule has 1 amide bonds. The summed E-state index contributed by atoms with van der Waals surface area (Å²) in [5.74, 6) is 1.07. The number of hydrogen-bond acceptors (Lipinski definition) is 7. The lowest BCUT2D eigenvalue weighted by molar-refractivity contribution is 0.0943. The number of nitrogens with zero attached hydrogens (tertiary/aromatic N) is 3. The van der Waals surface area contributed by atoms with E-state index in [0.29, 0.717) is 50.1 Å². The van der Waals surface area contributed by atoms with Gasteiger partial charge in [-0.3, -0.25) is 20.0 Å². The molecule has 0 unspecified atom stereocenters. The van der Waals surface area contributed by atoms with E-state index in [9.17, 15) is 4.79 Å². The normalized spacial score (nSPS) is 10.6. The highest BCUT2D eigenvalue weighted by Gasteiger charge is 2.26. The van der Waals surface area contributed by atoms with Gasteiger partial charge in [0, 0.05) is 25.5 Å². The summed E-state index contributed by atoms with van der Waals surface area (Å²) in [7, 11) is 4.61. The van der Waals surface area contributed by atoms with Crippen LogP contribution in [0.2, 0.25) is 10.0 Å². The van der Waals surface area contributed by atoms with E-state index in [1.165, 1.54) is 14.2 Å². The van der Waals surface area contributed by atoms with Crippen LogP contribution in [-0.2, 0) is 0 Å². The van der Waals surface area contributed by atoms with Crippen molar-refractivity contribution in [1.29, 1.82) is 0 Å². The van der Waals surface area contributed by atoms with Gasteiger partial charge in [0.25, 0.3) is 5.91 Å². The molecule has 2 aromatic heterocycles. The number of rotatable bonds is 6. The van der Waals surface area contributed by atoms with Crippen molar-refractivity contribution in [1.82, 2.24) is 30.5 Å². The highest BCUT2D eigenvalue weighted by molar-refractivity contribution is 7.80. The molecule has 0 fully saturated rings. The third kappa shape index (κ3) is 4.94. The Hall–Kier alpha value is -3.80. The van der Waals surface area contributed by atoms with Gasteiger partial charge >= 0.3 is 0 Å². The van der Waals surface area contributed by atoms with E-state index in [0.717, 1.165) is 0 Å². The van der Waals surface area contributed by atoms with Gasteiger partial charge in [-0.1, -0.05) is 29.3 Å². The highest BCUT2D eigenvalue weighted by atomic mass is 35.5. The van der Waals surface area contributed by atoms with Crippen LogP contribution in [0.15, 0.2) is 48.8 Å². The summed E-state index contributed by atoms with van der Waals surface area (Å²) in [6.45, 7) is 0. The third-order valence-corrected chi connectivity index (χ3v) is 6.08. The van der Waals surface area contributed by atoms with Crippen LogP contribution in [0, 0.1) is 0 Å². The number of ether oxygens (including phenoxy) is 2. The highest BCUT2D eigenvalue weighted by Crippen LogP contribution is 2.42. The Morgan fingerprint density at radius 2 is 1.83 bits per heavy atom. The quantitative estimate of drug-likeness (QED) is 0.209. The standard InChI is InChI=1S/C23H21Cl2N7O3S/c1-26-23(36)31-30-21(33)13-10-12(34-2)11-16(35-3)17(13)19-20(32-9-5-8-27-22(32)29-19)28-18-14(24)6-4-7-15(18)25/h4-11,28H,1-3H3,(H,30,33)(H2,26,31,36). The number of para-hydroxylation sites is 1. The van der Waals surface area contributed by atoms with Gasteiger partial charge in [-0.05, 0) is 36.5 Å². The van der Waals surface area contributed by atoms with Crippen LogP contribution in [0.1, 0.15) is 10.4 Å². The van der Waals surface area contributed by atoms with E-state index in [1.807, 2.05) is 0 Å². The zero-order valence-electron chi connectivity index (χ0n) is 19.3. The zero-order chi connectivity index (χ0) is 25.8. The molecule has 10 nitrogen and oxygen atoms in total. The number of aromatic nitrogens is 3. The topological polar surface area (TPSA) is 114 Å². The minimum absolute atomic E-state index is 0.203. The Balaban J connectivity index is 1.96. The third-order valence-electron chi connectivity index (χ3n) is 5.14. The number of imidazole rings is 1. The number of benzene rings is 2. The molecule has 4 aromatic rings. The molecule has 0 radical (unpaired) electrons. The molecule has 0 bridgehead atoms. The van der Waals surface area contributed by atoms with Gasteiger partial charge in [0.15, 0.2) is 5.11 Å². The van der Waals surface area contributed by atoms with Gasteiger partial charge in [-0.15, -0.1) is 0 Å². The average Bonchev–Trinajstić information content (AvgIpc) is 3.26. The number of hydrazine groups is 1. The second kappa shape index (κ2) is 10.9. The maximum Gasteiger partial charge on any atom is 0.270 e. The molecule has 2 heterocycles. The largest absolute Gasteiger partial charge is 0.497 e. The fourth-order valence-corrected chi connectivity index (χ4v) is 4.00. The predicted molar refractivity (Wildman–Crippen MR) is 144 cm³/mol. The Labute approximate surface area is 221 Å². The first-order chi connectivity index (χ1) is 17.4. The molecule has 13 heteroatoms. The van der Waals surface area contributed by atoms with E-state index < -0.39 is 5.91 Å². The SMILES string of the molecule is CNC(=S)NNC(=O)c1cc(OC)cc(OC)c1-c1nc2ncccn2c1Nc1c(Cl)cccc1Cl. The molecule has 2 aromatic carbocycles. The van der Waals surface area contributed by atoms with Crippen molar-refractivity contribution < 1.29 is 14.3 Å². The number of hydrogen-bond donors (Lipinski definition) is 4. The number of carbonyl (C=O) groups is 1. The van der Waals surface area contributed by atoms with Gasteiger partial charge in [-0.25, -0.2) is 9.97 Å². The second-order valence-corrected chi connectivity index (χ2v) is 8.45. The lowest BCUT2D eigenvalue weighted by Crippen LogP contribution is -2.45. The van der Waals surface area contributed by atoms with Crippen LogP contribution < -0.4 is 31.0 Å². The van der Waals surface area contributed by atoms with Crippen LogP contribution >= 0.6 is 35.4 Å². The number of carbonyl (C=O) groups excluding carboxylic acids is 1. The maximum atomic E-state index is 13.3. The number of nitrogens with one attached hydrogen (secondary N) is 4. The van der Waals surface area contributed by atoms with Crippen LogP contribution in [0.25, 0.3) is 17.0 Å². The van der Waals surface area contributed by atoms with Crippen molar-refractivity contribution in [2.75, 3.05) is 26.6 Å². The van der Waals surface area contributed by atoms with Gasteiger partial charge in [0.1, 0.15) is 23.0 Å². The number of amides is 1. The van der Waals surface area contributed by atoms with Crippen molar-refractivity contribution in [3.05, 3.63) is 64.4 Å². The van der Waals surface area contributed by atoms with E-state index >= 15 is 0 Å². The summed E-state index contributed by atoms with van der Waals surface area (Å²) in [5.41, 5.74) is 6.61. The van der Waals surface area contributed by atoms with Crippen molar-refractivity contribution in [3.63, 3.8) is 0 Å². The summed E-state index contributed by atoms with van der Waals surface area (Å²) in [5, 5.41) is 7.02. The fraction of sp³-hybridized carbons (Fsp3) is 0.130. The van der Waals surface area contributed by atoms with Crippen molar-refractivity contribution in [3.8, 4) is 22.8 Å². The molecule has 0 spiro atoms. The molecule has 0 atom stereocenters. The number of fused-ring (bicyclic) bond motifs is 1. The maximum absolute atomic E-state index is 13.3. The molecule has 0 aliphatic rings. The van der Waals surface area contributed by atoms with E-state index in [-0.39, 0.29) is 10.7 Å². The Kier molecular flexibility index (Phi) is 7.63. The number of methoxy groups -OCH3 is 2. The Morgan fingerprint density at radius 3 is 2.50 bits per heavy atom. The van der Waals surface area contributed by atoms with E-state index in [1.54, 1.807) is 60.2 Å². The second-order valence-electron chi connectivity index (χ2n) is 7.23. The number of thiocarbonyl (C=S) groups is 1. The van der Waals surface area contributed by atoms with Gasteiger partial charge in [0.05, 0.1) is 41.1 Å². The molecule has 0 saturated carbocycles. The lowest BCUT2D eigenvalue weighted by atomic mass is 10.0. The molecule has 4 rings (SSSR count). The fourth-order valence-electron chi connectivity index (χ4n) is 3.45. The van der Waals surface area contributed by atoms with Crippen molar-refractivity contribution in [2.24, 2.45) is 0 Å². The van der Waals surface area contributed by atoms with E-state index in [4.69, 9.17) is 49.9 Å². The number of halogens is 2. The van der Waals surface area contributed by atoms with Crippen LogP contribution in [0.5, 0.6) is 11.5 Å². The Morgan fingerprint density at radius 1 is 1.08 bits per heavy atom. The molecule has 0 aliphatic heterocycles. The summed E-state index contributed by atoms with van der Waals surface area (Å²) >= 11 is 17.9. The monoisotopic (exact) mass is 545 g/mol. The molecule has 186 valence electrons. The molecule has 4 N–H and O–H groups in total. The summed E-state index contributed by atoms with van der Waals surface area (Å²) in [6.07, 6.45) is 3.38. The molecule has 36 heavy (non-hydrogen) atoms. The Bertz CT molecular complexity index is 1440. The minimum Gasteiger partial charge on any atom is -0.497 e. The molecular weight excluding hydrogens is 525 g/mol. The van der Waals surface area contributed by atoms with Crippen LogP contribution in [0.4, 0.5) is 11.5 Å². The minimum atomic E-state index is -0.508. The first-order valence-electron chi connectivity index (χ1n) is 10.5. The van der Waals surface area contributed by atoms with Gasteiger partial charge in [-0.2, -0.15) is 0 Å². The summed E-state index contributed by atoms with van der Waals surface area (Å²) < 4.78 is 12.8. The van der Waals surface area contributed by atoms with Crippen molar-refractivity contribution in [2.45, 2.75) is 0 Å². The predicted octanol–water partition coefficient (Wildman–Crippen LogP) is 4.20. The first kappa shape index (κ1) is 25.3. The number of anilines is 2. The summed E-state index contributed by atoms with van der Waals surface area (Å²) in [4.78, 5) is 22.4. The summed E-state index contributed by atoms with van der Waals surface area (Å²) in [6, 6.07) is 10.1. The van der Waals surface area contributed by atoms with E-state index in [2.05, 4.69) is 26.5 Å². The van der Waals surface area contributed by atoms with Crippen LogP contribution in [-0.4, -0.2) is 46.7 Å².